The van der Waals surface area contributed by atoms with E-state index in [2.05, 4.69) is 5.32 Å². The molecule has 2 aliphatic rings. The zero-order chi connectivity index (χ0) is 17.3. The van der Waals surface area contributed by atoms with E-state index < -0.39 is 11.7 Å². The quantitative estimate of drug-likeness (QED) is 0.852. The van der Waals surface area contributed by atoms with E-state index in [1.165, 1.54) is 12.1 Å². The molecule has 0 unspecified atom stereocenters. The first-order chi connectivity index (χ1) is 11.4. The lowest BCUT2D eigenvalue weighted by atomic mass is 10.0. The molecule has 9 heteroatoms. The van der Waals surface area contributed by atoms with Crippen LogP contribution in [-0.4, -0.2) is 60.9 Å². The average Bonchev–Trinajstić information content (AvgIpc) is 2.52. The van der Waals surface area contributed by atoms with Crippen LogP contribution in [0.1, 0.15) is 15.9 Å². The fourth-order valence-electron chi connectivity index (χ4n) is 2.84. The van der Waals surface area contributed by atoms with Gasteiger partial charge in [-0.3, -0.25) is 9.59 Å². The summed E-state index contributed by atoms with van der Waals surface area (Å²) in [5.74, 6) is -0.168. The maximum absolute atomic E-state index is 12.6. The second-order valence-corrected chi connectivity index (χ2v) is 6.05. The minimum Gasteiger partial charge on any atom is -0.339 e. The molecule has 2 heterocycles. The molecule has 25 heavy (non-hydrogen) atoms. The zero-order valence-electron chi connectivity index (χ0n) is 13.4. The molecular formula is C16H19ClF3N3O2. The van der Waals surface area contributed by atoms with Crippen molar-refractivity contribution in [2.45, 2.75) is 6.18 Å². The van der Waals surface area contributed by atoms with Crippen LogP contribution in [0.5, 0.6) is 0 Å². The van der Waals surface area contributed by atoms with E-state index in [1.807, 2.05) is 0 Å². The Morgan fingerprint density at radius 3 is 1.92 bits per heavy atom. The number of carbonyl (C=O) groups excluding carboxylic acids is 2. The van der Waals surface area contributed by atoms with Gasteiger partial charge >= 0.3 is 6.18 Å². The predicted molar refractivity (Wildman–Crippen MR) is 87.5 cm³/mol. The Kier molecular flexibility index (Phi) is 5.95. The van der Waals surface area contributed by atoms with E-state index in [-0.39, 0.29) is 35.7 Å². The van der Waals surface area contributed by atoms with E-state index in [0.29, 0.717) is 39.3 Å². The van der Waals surface area contributed by atoms with Crippen molar-refractivity contribution in [3.63, 3.8) is 0 Å². The molecule has 0 aromatic heterocycles. The van der Waals surface area contributed by atoms with Gasteiger partial charge in [-0.05, 0) is 24.3 Å². The molecule has 3 rings (SSSR count). The SMILES string of the molecule is Cl.O=C(c1ccc(C(F)(F)F)cc1)N1CCN(C(=O)C2CNC2)CC1. The average molecular weight is 378 g/mol. The van der Waals surface area contributed by atoms with E-state index >= 15 is 0 Å². The highest BCUT2D eigenvalue weighted by molar-refractivity contribution is 5.94. The minimum atomic E-state index is -4.41. The summed E-state index contributed by atoms with van der Waals surface area (Å²) in [4.78, 5) is 27.8. The highest BCUT2D eigenvalue weighted by Crippen LogP contribution is 2.29. The number of amides is 2. The summed E-state index contributed by atoms with van der Waals surface area (Å²) in [7, 11) is 0. The first kappa shape index (κ1) is 19.5. The van der Waals surface area contributed by atoms with Crippen molar-refractivity contribution in [3.05, 3.63) is 35.4 Å². The highest BCUT2D eigenvalue weighted by atomic mass is 35.5. The third-order valence-corrected chi connectivity index (χ3v) is 4.47. The second kappa shape index (κ2) is 7.61. The van der Waals surface area contributed by atoms with Gasteiger partial charge < -0.3 is 15.1 Å². The third-order valence-electron chi connectivity index (χ3n) is 4.47. The number of rotatable bonds is 2. The normalized spacial score (nSPS) is 18.4. The van der Waals surface area contributed by atoms with Gasteiger partial charge in [-0.15, -0.1) is 12.4 Å². The molecule has 0 aliphatic carbocycles. The number of carbonyl (C=O) groups is 2. The summed E-state index contributed by atoms with van der Waals surface area (Å²) >= 11 is 0. The topological polar surface area (TPSA) is 52.7 Å². The van der Waals surface area contributed by atoms with Gasteiger partial charge in [0.15, 0.2) is 0 Å². The van der Waals surface area contributed by atoms with Crippen LogP contribution in [0.15, 0.2) is 24.3 Å². The van der Waals surface area contributed by atoms with Crippen molar-refractivity contribution in [1.82, 2.24) is 15.1 Å². The number of hydrogen-bond acceptors (Lipinski definition) is 3. The Labute approximate surface area is 149 Å². The van der Waals surface area contributed by atoms with E-state index in [1.54, 1.807) is 9.80 Å². The number of alkyl halides is 3. The van der Waals surface area contributed by atoms with Crippen LogP contribution in [-0.2, 0) is 11.0 Å². The number of hydrogen-bond donors (Lipinski definition) is 1. The standard InChI is InChI=1S/C16H18F3N3O2.ClH/c17-16(18,19)13-3-1-11(2-4-13)14(23)21-5-7-22(8-6-21)15(24)12-9-20-10-12;/h1-4,12,20H,5-10H2;1H. The van der Waals surface area contributed by atoms with Gasteiger partial charge in [0.05, 0.1) is 11.5 Å². The summed E-state index contributed by atoms with van der Waals surface area (Å²) < 4.78 is 37.7. The molecule has 0 bridgehead atoms. The molecule has 2 saturated heterocycles. The molecule has 2 aliphatic heterocycles. The Morgan fingerprint density at radius 1 is 0.960 bits per heavy atom. The Balaban J connectivity index is 0.00000225. The maximum Gasteiger partial charge on any atom is 0.416 e. The Morgan fingerprint density at radius 2 is 1.48 bits per heavy atom. The number of halogens is 4. The van der Waals surface area contributed by atoms with Gasteiger partial charge in [0, 0.05) is 44.8 Å². The molecule has 0 atom stereocenters. The van der Waals surface area contributed by atoms with Gasteiger partial charge in [0.2, 0.25) is 5.91 Å². The summed E-state index contributed by atoms with van der Waals surface area (Å²) in [6.45, 7) is 3.11. The van der Waals surface area contributed by atoms with Gasteiger partial charge in [-0.1, -0.05) is 0 Å². The lowest BCUT2D eigenvalue weighted by Crippen LogP contribution is -2.57. The van der Waals surface area contributed by atoms with E-state index in [9.17, 15) is 22.8 Å². The largest absolute Gasteiger partial charge is 0.416 e. The van der Waals surface area contributed by atoms with Gasteiger partial charge in [0.1, 0.15) is 0 Å². The molecule has 0 spiro atoms. The van der Waals surface area contributed by atoms with Crippen molar-refractivity contribution in [2.24, 2.45) is 5.92 Å². The zero-order valence-corrected chi connectivity index (χ0v) is 14.2. The van der Waals surface area contributed by atoms with Gasteiger partial charge in [-0.25, -0.2) is 0 Å². The van der Waals surface area contributed by atoms with E-state index in [0.717, 1.165) is 12.1 Å². The first-order valence-corrected chi connectivity index (χ1v) is 7.82. The van der Waals surface area contributed by atoms with Crippen LogP contribution >= 0.6 is 12.4 Å². The number of nitrogens with zero attached hydrogens (tertiary/aromatic N) is 2. The fraction of sp³-hybridized carbons (Fsp3) is 0.500. The molecule has 2 fully saturated rings. The molecule has 138 valence electrons. The van der Waals surface area contributed by atoms with Crippen LogP contribution in [0.4, 0.5) is 13.2 Å². The molecule has 1 aromatic rings. The van der Waals surface area contributed by atoms with Crippen LogP contribution in [0.3, 0.4) is 0 Å². The smallest absolute Gasteiger partial charge is 0.339 e. The molecule has 0 saturated carbocycles. The van der Waals surface area contributed by atoms with Crippen LogP contribution in [0, 0.1) is 5.92 Å². The van der Waals surface area contributed by atoms with Crippen molar-refractivity contribution in [1.29, 1.82) is 0 Å². The lowest BCUT2D eigenvalue weighted by molar-refractivity contribution is -0.138. The molecule has 1 N–H and O–H groups in total. The maximum atomic E-state index is 12.6. The summed E-state index contributed by atoms with van der Waals surface area (Å²) in [6.07, 6.45) is -4.41. The predicted octanol–water partition coefficient (Wildman–Crippen LogP) is 1.63. The van der Waals surface area contributed by atoms with Crippen molar-refractivity contribution in [2.75, 3.05) is 39.3 Å². The van der Waals surface area contributed by atoms with Crippen LogP contribution in [0.2, 0.25) is 0 Å². The third kappa shape index (κ3) is 4.24. The van der Waals surface area contributed by atoms with E-state index in [4.69, 9.17) is 0 Å². The Hall–Kier alpha value is -1.80. The molecule has 0 radical (unpaired) electrons. The highest BCUT2D eigenvalue weighted by Gasteiger charge is 2.33. The van der Waals surface area contributed by atoms with Crippen LogP contribution in [0.25, 0.3) is 0 Å². The summed E-state index contributed by atoms with van der Waals surface area (Å²) in [5, 5.41) is 3.05. The Bertz CT molecular complexity index is 625. The molecule has 5 nitrogen and oxygen atoms in total. The number of piperazine rings is 1. The molecular weight excluding hydrogens is 359 g/mol. The minimum absolute atomic E-state index is 0. The van der Waals surface area contributed by atoms with Gasteiger partial charge in [-0.2, -0.15) is 13.2 Å². The monoisotopic (exact) mass is 377 g/mol. The fourth-order valence-corrected chi connectivity index (χ4v) is 2.84. The van der Waals surface area contributed by atoms with Crippen molar-refractivity contribution < 1.29 is 22.8 Å². The first-order valence-electron chi connectivity index (χ1n) is 7.82. The number of nitrogens with one attached hydrogen (secondary N) is 1. The summed E-state index contributed by atoms with van der Waals surface area (Å²) in [6, 6.07) is 4.22. The number of benzene rings is 1. The van der Waals surface area contributed by atoms with Crippen molar-refractivity contribution >= 4 is 24.2 Å². The molecule has 2 amide bonds. The summed E-state index contributed by atoms with van der Waals surface area (Å²) in [5.41, 5.74) is -0.547. The van der Waals surface area contributed by atoms with Crippen molar-refractivity contribution in [3.8, 4) is 0 Å². The lowest BCUT2D eigenvalue weighted by Gasteiger charge is -2.38. The second-order valence-electron chi connectivity index (χ2n) is 6.05. The van der Waals surface area contributed by atoms with Crippen LogP contribution < -0.4 is 5.32 Å². The molecule has 1 aromatic carbocycles. The van der Waals surface area contributed by atoms with Gasteiger partial charge in [0.25, 0.3) is 5.91 Å².